The number of nitrogens with one attached hydrogen (secondary N) is 2. The highest BCUT2D eigenvalue weighted by Crippen LogP contribution is 2.35. The zero-order chi connectivity index (χ0) is 19.8. The Morgan fingerprint density at radius 2 is 1.85 bits per heavy atom. The van der Waals surface area contributed by atoms with Crippen LogP contribution in [0.4, 0.5) is 13.2 Å². The minimum Gasteiger partial charge on any atom is -0.488 e. The van der Waals surface area contributed by atoms with E-state index in [1.807, 2.05) is 0 Å². The molecule has 0 aliphatic carbocycles. The zero-order valence-electron chi connectivity index (χ0n) is 16.0. The molecule has 0 saturated heterocycles. The van der Waals surface area contributed by atoms with Crippen molar-refractivity contribution < 1.29 is 22.6 Å². The maximum absolute atomic E-state index is 13.4. The maximum Gasteiger partial charge on any atom is 0.416 e. The molecular weight excluding hydrogens is 347 g/mol. The van der Waals surface area contributed by atoms with Crippen molar-refractivity contribution in [2.24, 2.45) is 4.99 Å². The number of aliphatic imine (C=N–C) groups is 1. The van der Waals surface area contributed by atoms with Crippen LogP contribution in [0.25, 0.3) is 0 Å². The van der Waals surface area contributed by atoms with Crippen LogP contribution in [0.2, 0.25) is 0 Å². The lowest BCUT2D eigenvalue weighted by molar-refractivity contribution is -0.138. The highest BCUT2D eigenvalue weighted by Gasteiger charge is 2.34. The third-order valence-corrected chi connectivity index (χ3v) is 3.30. The number of methoxy groups -OCH3 is 1. The molecule has 0 bridgehead atoms. The van der Waals surface area contributed by atoms with Crippen LogP contribution in [0.5, 0.6) is 5.75 Å². The van der Waals surface area contributed by atoms with Gasteiger partial charge in [-0.25, -0.2) is 0 Å². The number of hydrogen-bond acceptors (Lipinski definition) is 3. The fourth-order valence-corrected chi connectivity index (χ4v) is 2.21. The van der Waals surface area contributed by atoms with E-state index < -0.39 is 17.3 Å². The van der Waals surface area contributed by atoms with Crippen molar-refractivity contribution in [2.75, 3.05) is 27.3 Å². The third kappa shape index (κ3) is 7.95. The number of hydrogen-bond donors (Lipinski definition) is 2. The maximum atomic E-state index is 13.4. The van der Waals surface area contributed by atoms with Crippen LogP contribution in [-0.4, -0.2) is 38.9 Å². The van der Waals surface area contributed by atoms with Crippen LogP contribution in [0.15, 0.2) is 23.2 Å². The average molecular weight is 375 g/mol. The van der Waals surface area contributed by atoms with E-state index in [9.17, 15) is 13.2 Å². The first-order valence-corrected chi connectivity index (χ1v) is 8.39. The van der Waals surface area contributed by atoms with Crippen molar-refractivity contribution in [3.63, 3.8) is 0 Å². The first-order chi connectivity index (χ1) is 12.1. The Labute approximate surface area is 153 Å². The van der Waals surface area contributed by atoms with Crippen LogP contribution < -0.4 is 15.4 Å². The molecule has 0 spiro atoms. The largest absolute Gasteiger partial charge is 0.488 e. The SMILES string of the molecule is CN=C(NCCCOC)NCc1ccc(OC(C)(C)C)cc1C(F)(F)F. The Hall–Kier alpha value is -1.96. The van der Waals surface area contributed by atoms with Gasteiger partial charge in [0.1, 0.15) is 11.4 Å². The van der Waals surface area contributed by atoms with Crippen molar-refractivity contribution in [2.45, 2.75) is 45.5 Å². The Morgan fingerprint density at radius 1 is 1.15 bits per heavy atom. The predicted molar refractivity (Wildman–Crippen MR) is 96.5 cm³/mol. The highest BCUT2D eigenvalue weighted by molar-refractivity contribution is 5.79. The van der Waals surface area contributed by atoms with Gasteiger partial charge in [0.25, 0.3) is 0 Å². The molecule has 0 aliphatic rings. The molecule has 8 heteroatoms. The number of rotatable bonds is 7. The average Bonchev–Trinajstić information content (AvgIpc) is 2.52. The van der Waals surface area contributed by atoms with Crippen LogP contribution in [0.1, 0.15) is 38.3 Å². The van der Waals surface area contributed by atoms with E-state index in [1.165, 1.54) is 6.07 Å². The van der Waals surface area contributed by atoms with Gasteiger partial charge < -0.3 is 20.1 Å². The first-order valence-electron chi connectivity index (χ1n) is 8.39. The summed E-state index contributed by atoms with van der Waals surface area (Å²) in [5, 5.41) is 5.93. The molecule has 0 atom stereocenters. The molecule has 2 N–H and O–H groups in total. The molecule has 148 valence electrons. The van der Waals surface area contributed by atoms with Crippen molar-refractivity contribution >= 4 is 5.96 Å². The van der Waals surface area contributed by atoms with Gasteiger partial charge in [-0.2, -0.15) is 13.2 Å². The molecule has 0 aromatic heterocycles. The van der Waals surface area contributed by atoms with Crippen LogP contribution in [-0.2, 0) is 17.5 Å². The first kappa shape index (κ1) is 22.1. The van der Waals surface area contributed by atoms with Gasteiger partial charge in [0.2, 0.25) is 0 Å². The van der Waals surface area contributed by atoms with Crippen molar-refractivity contribution in [3.8, 4) is 5.75 Å². The van der Waals surface area contributed by atoms with Gasteiger partial charge in [-0.1, -0.05) is 6.07 Å². The number of nitrogens with zero attached hydrogens (tertiary/aromatic N) is 1. The molecule has 0 radical (unpaired) electrons. The fraction of sp³-hybridized carbons (Fsp3) is 0.611. The van der Waals surface area contributed by atoms with Crippen molar-refractivity contribution in [3.05, 3.63) is 29.3 Å². The number of benzene rings is 1. The number of alkyl halides is 3. The van der Waals surface area contributed by atoms with E-state index >= 15 is 0 Å². The lowest BCUT2D eigenvalue weighted by Crippen LogP contribution is -2.38. The molecule has 26 heavy (non-hydrogen) atoms. The highest BCUT2D eigenvalue weighted by atomic mass is 19.4. The topological polar surface area (TPSA) is 54.9 Å². The summed E-state index contributed by atoms with van der Waals surface area (Å²) >= 11 is 0. The minimum atomic E-state index is -4.47. The Morgan fingerprint density at radius 3 is 2.38 bits per heavy atom. The quantitative estimate of drug-likeness (QED) is 0.435. The summed E-state index contributed by atoms with van der Waals surface area (Å²) in [7, 11) is 3.18. The van der Waals surface area contributed by atoms with Gasteiger partial charge >= 0.3 is 6.18 Å². The minimum absolute atomic E-state index is 0.00536. The van der Waals surface area contributed by atoms with Crippen LogP contribution in [0.3, 0.4) is 0 Å². The second-order valence-electron chi connectivity index (χ2n) is 6.73. The molecule has 0 aliphatic heterocycles. The van der Waals surface area contributed by atoms with Crippen molar-refractivity contribution in [1.29, 1.82) is 0 Å². The summed E-state index contributed by atoms with van der Waals surface area (Å²) in [5.74, 6) is 0.625. The second kappa shape index (κ2) is 9.66. The number of halogens is 3. The van der Waals surface area contributed by atoms with E-state index in [4.69, 9.17) is 9.47 Å². The lowest BCUT2D eigenvalue weighted by atomic mass is 10.1. The van der Waals surface area contributed by atoms with E-state index in [-0.39, 0.29) is 17.9 Å². The molecule has 0 amide bonds. The van der Waals surface area contributed by atoms with Crippen molar-refractivity contribution in [1.82, 2.24) is 10.6 Å². The number of ether oxygens (including phenoxy) is 2. The van der Waals surface area contributed by atoms with Gasteiger partial charge in [0, 0.05) is 33.9 Å². The molecule has 1 rings (SSSR count). The number of guanidine groups is 1. The van der Waals surface area contributed by atoms with E-state index in [0.29, 0.717) is 19.1 Å². The smallest absolute Gasteiger partial charge is 0.416 e. The molecule has 1 aromatic carbocycles. The second-order valence-corrected chi connectivity index (χ2v) is 6.73. The summed E-state index contributed by atoms with van der Waals surface area (Å²) in [4.78, 5) is 4.01. The van der Waals surface area contributed by atoms with Gasteiger partial charge in [0.05, 0.1) is 5.56 Å². The summed E-state index contributed by atoms with van der Waals surface area (Å²) in [5.41, 5.74) is -1.17. The summed E-state index contributed by atoms with van der Waals surface area (Å²) in [6.07, 6.45) is -3.70. The van der Waals surface area contributed by atoms with E-state index in [2.05, 4.69) is 15.6 Å². The van der Waals surface area contributed by atoms with Crippen LogP contribution >= 0.6 is 0 Å². The third-order valence-electron chi connectivity index (χ3n) is 3.30. The lowest BCUT2D eigenvalue weighted by Gasteiger charge is -2.23. The molecule has 0 saturated carbocycles. The molecular formula is C18H28F3N3O2. The summed E-state index contributed by atoms with van der Waals surface area (Å²) < 4.78 is 50.7. The van der Waals surface area contributed by atoms with Gasteiger partial charge in [-0.05, 0) is 44.9 Å². The summed E-state index contributed by atoms with van der Waals surface area (Å²) in [6, 6.07) is 4.01. The molecule has 0 unspecified atom stereocenters. The Balaban J connectivity index is 2.84. The molecule has 0 heterocycles. The molecule has 5 nitrogen and oxygen atoms in total. The zero-order valence-corrected chi connectivity index (χ0v) is 16.0. The van der Waals surface area contributed by atoms with Crippen LogP contribution in [0, 0.1) is 0 Å². The standard InChI is InChI=1S/C18H28F3N3O2/c1-17(2,3)26-14-8-7-13(15(11-14)18(19,20)21)12-24-16(22-4)23-9-6-10-25-5/h7-8,11H,6,9-10,12H2,1-5H3,(H2,22,23,24). The van der Waals surface area contributed by atoms with E-state index in [1.54, 1.807) is 41.0 Å². The van der Waals surface area contributed by atoms with Gasteiger partial charge in [0.15, 0.2) is 5.96 Å². The molecule has 0 fully saturated rings. The predicted octanol–water partition coefficient (Wildman–Crippen LogP) is 3.58. The normalized spacial score (nSPS) is 12.8. The molecule has 1 aromatic rings. The van der Waals surface area contributed by atoms with E-state index in [0.717, 1.165) is 12.5 Å². The Kier molecular flexibility index (Phi) is 8.20. The summed E-state index contributed by atoms with van der Waals surface area (Å²) in [6.45, 7) is 6.56. The van der Waals surface area contributed by atoms with Gasteiger partial charge in [-0.15, -0.1) is 0 Å². The fourth-order valence-electron chi connectivity index (χ4n) is 2.21. The Bertz CT molecular complexity index is 596. The van der Waals surface area contributed by atoms with Gasteiger partial charge in [-0.3, -0.25) is 4.99 Å². The monoisotopic (exact) mass is 375 g/mol.